The minimum Gasteiger partial charge on any atom is -0.483 e. The topological polar surface area (TPSA) is 73.6 Å². The van der Waals surface area contributed by atoms with Gasteiger partial charge < -0.3 is 20.5 Å². The predicted octanol–water partition coefficient (Wildman–Crippen LogP) is 2.14. The van der Waals surface area contributed by atoms with E-state index < -0.39 is 0 Å². The van der Waals surface area contributed by atoms with Crippen molar-refractivity contribution in [3.05, 3.63) is 28.2 Å². The lowest BCUT2D eigenvalue weighted by Gasteiger charge is -2.23. The van der Waals surface area contributed by atoms with Gasteiger partial charge in [0, 0.05) is 35.3 Å². The fourth-order valence-electron chi connectivity index (χ4n) is 2.26. The number of nitrogens with one attached hydrogen (secondary N) is 1. The molecule has 0 radical (unpaired) electrons. The number of benzene rings is 1. The van der Waals surface area contributed by atoms with Crippen LogP contribution in [-0.2, 0) is 9.53 Å². The number of amides is 1. The zero-order valence-electron chi connectivity index (χ0n) is 12.1. The number of hydrogen-bond donors (Lipinski definition) is 2. The number of carbonyl (C=O) groups is 1. The Hall–Kier alpha value is -1.11. The summed E-state index contributed by atoms with van der Waals surface area (Å²) in [5.74, 6) is 0.527. The van der Waals surface area contributed by atoms with Crippen LogP contribution in [0.2, 0.25) is 0 Å². The Morgan fingerprint density at radius 3 is 2.90 bits per heavy atom. The van der Waals surface area contributed by atoms with Gasteiger partial charge in [-0.05, 0) is 31.9 Å². The summed E-state index contributed by atoms with van der Waals surface area (Å²) in [7, 11) is 0. The largest absolute Gasteiger partial charge is 0.483 e. The molecule has 1 aliphatic heterocycles. The molecule has 0 aromatic heterocycles. The molecule has 6 heteroatoms. The summed E-state index contributed by atoms with van der Waals surface area (Å²) in [6.07, 6.45) is 1.71. The molecule has 0 saturated carbocycles. The van der Waals surface area contributed by atoms with Crippen molar-refractivity contribution in [1.29, 1.82) is 0 Å². The van der Waals surface area contributed by atoms with E-state index in [0.717, 1.165) is 22.9 Å². The molecule has 1 aromatic carbocycles. The number of halogens is 1. The second-order valence-corrected chi connectivity index (χ2v) is 6.13. The summed E-state index contributed by atoms with van der Waals surface area (Å²) in [4.78, 5) is 11.9. The second kappa shape index (κ2) is 7.77. The smallest absolute Gasteiger partial charge is 0.258 e. The number of rotatable bonds is 5. The maximum Gasteiger partial charge on any atom is 0.258 e. The molecule has 116 valence electrons. The molecule has 2 rings (SSSR count). The van der Waals surface area contributed by atoms with Crippen molar-refractivity contribution in [3.8, 4) is 5.75 Å². The van der Waals surface area contributed by atoms with Gasteiger partial charge in [0.1, 0.15) is 5.75 Å². The number of carbonyl (C=O) groups excluding carboxylic acids is 1. The highest BCUT2D eigenvalue weighted by Gasteiger charge is 2.17. The Bertz CT molecular complexity index is 488. The number of nitrogens with two attached hydrogens (primary N) is 1. The first-order valence-corrected chi connectivity index (χ1v) is 7.90. The molecule has 1 atom stereocenters. The van der Waals surface area contributed by atoms with Gasteiger partial charge in [0.15, 0.2) is 6.61 Å². The van der Waals surface area contributed by atoms with E-state index >= 15 is 0 Å². The van der Waals surface area contributed by atoms with Crippen molar-refractivity contribution < 1.29 is 14.3 Å². The van der Waals surface area contributed by atoms with E-state index in [4.69, 9.17) is 15.2 Å². The summed E-state index contributed by atoms with van der Waals surface area (Å²) < 4.78 is 11.8. The van der Waals surface area contributed by atoms with E-state index in [0.29, 0.717) is 19.0 Å². The van der Waals surface area contributed by atoms with Crippen LogP contribution in [0, 0.1) is 0 Å². The maximum absolute atomic E-state index is 11.9. The average molecular weight is 357 g/mol. The molecule has 1 aromatic rings. The van der Waals surface area contributed by atoms with Gasteiger partial charge in [0.2, 0.25) is 0 Å². The highest BCUT2D eigenvalue weighted by molar-refractivity contribution is 9.10. The molecule has 0 aliphatic carbocycles. The van der Waals surface area contributed by atoms with Gasteiger partial charge in [-0.1, -0.05) is 22.0 Å². The molecule has 0 unspecified atom stereocenters. The standard InChI is InChI=1S/C15H21BrN2O3/c1-10(17)13-3-2-11(16)8-14(13)21-9-15(19)18-12-4-6-20-7-5-12/h2-3,8,10,12H,4-7,9,17H2,1H3,(H,18,19)/t10-/m1/s1. The van der Waals surface area contributed by atoms with Crippen molar-refractivity contribution in [1.82, 2.24) is 5.32 Å². The molecule has 1 fully saturated rings. The van der Waals surface area contributed by atoms with Crippen LogP contribution < -0.4 is 15.8 Å². The van der Waals surface area contributed by atoms with Crippen molar-refractivity contribution in [2.75, 3.05) is 19.8 Å². The first kappa shape index (κ1) is 16.3. The number of hydrogen-bond acceptors (Lipinski definition) is 4. The van der Waals surface area contributed by atoms with Crippen LogP contribution in [0.4, 0.5) is 0 Å². The Kier molecular flexibility index (Phi) is 6.02. The Labute approximate surface area is 133 Å². The lowest BCUT2D eigenvalue weighted by Crippen LogP contribution is -2.41. The molecule has 21 heavy (non-hydrogen) atoms. The lowest BCUT2D eigenvalue weighted by molar-refractivity contribution is -0.124. The molecule has 5 nitrogen and oxygen atoms in total. The van der Waals surface area contributed by atoms with E-state index in [2.05, 4.69) is 21.2 Å². The molecular formula is C15H21BrN2O3. The van der Waals surface area contributed by atoms with Crippen molar-refractivity contribution in [2.45, 2.75) is 31.8 Å². The molecule has 1 aliphatic rings. The van der Waals surface area contributed by atoms with E-state index in [1.165, 1.54) is 0 Å². The van der Waals surface area contributed by atoms with Crippen LogP contribution in [0.25, 0.3) is 0 Å². The highest BCUT2D eigenvalue weighted by Crippen LogP contribution is 2.27. The van der Waals surface area contributed by atoms with Gasteiger partial charge in [-0.25, -0.2) is 0 Å². The average Bonchev–Trinajstić information content (AvgIpc) is 2.46. The Balaban J connectivity index is 1.89. The molecule has 0 bridgehead atoms. The normalized spacial score (nSPS) is 17.3. The van der Waals surface area contributed by atoms with Gasteiger partial charge in [0.05, 0.1) is 0 Å². The van der Waals surface area contributed by atoms with Crippen LogP contribution in [0.15, 0.2) is 22.7 Å². The molecular weight excluding hydrogens is 336 g/mol. The lowest BCUT2D eigenvalue weighted by atomic mass is 10.1. The van der Waals surface area contributed by atoms with Crippen LogP contribution in [0.1, 0.15) is 31.4 Å². The Morgan fingerprint density at radius 2 is 2.24 bits per heavy atom. The van der Waals surface area contributed by atoms with E-state index in [1.54, 1.807) is 0 Å². The maximum atomic E-state index is 11.9. The highest BCUT2D eigenvalue weighted by atomic mass is 79.9. The Morgan fingerprint density at radius 1 is 1.52 bits per heavy atom. The fraction of sp³-hybridized carbons (Fsp3) is 0.533. The predicted molar refractivity (Wildman–Crippen MR) is 84.2 cm³/mol. The molecule has 1 amide bonds. The SMILES string of the molecule is C[C@@H](N)c1ccc(Br)cc1OCC(=O)NC1CCOCC1. The summed E-state index contributed by atoms with van der Waals surface area (Å²) in [6.45, 7) is 3.28. The van der Waals surface area contributed by atoms with E-state index in [1.807, 2.05) is 25.1 Å². The summed E-state index contributed by atoms with van der Waals surface area (Å²) >= 11 is 3.40. The van der Waals surface area contributed by atoms with Gasteiger partial charge in [-0.3, -0.25) is 4.79 Å². The summed E-state index contributed by atoms with van der Waals surface area (Å²) in [5, 5.41) is 2.97. The zero-order valence-corrected chi connectivity index (χ0v) is 13.7. The summed E-state index contributed by atoms with van der Waals surface area (Å²) in [5.41, 5.74) is 6.80. The van der Waals surface area contributed by atoms with Crippen LogP contribution in [0.5, 0.6) is 5.75 Å². The molecule has 1 saturated heterocycles. The monoisotopic (exact) mass is 356 g/mol. The first-order chi connectivity index (χ1) is 10.1. The fourth-order valence-corrected chi connectivity index (χ4v) is 2.60. The van der Waals surface area contributed by atoms with Gasteiger partial charge in [-0.15, -0.1) is 0 Å². The van der Waals surface area contributed by atoms with E-state index in [9.17, 15) is 4.79 Å². The van der Waals surface area contributed by atoms with Gasteiger partial charge >= 0.3 is 0 Å². The van der Waals surface area contributed by atoms with Crippen molar-refractivity contribution in [2.24, 2.45) is 5.73 Å². The van der Waals surface area contributed by atoms with Crippen molar-refractivity contribution in [3.63, 3.8) is 0 Å². The molecule has 3 N–H and O–H groups in total. The van der Waals surface area contributed by atoms with Crippen molar-refractivity contribution >= 4 is 21.8 Å². The molecule has 1 heterocycles. The third kappa shape index (κ3) is 4.98. The second-order valence-electron chi connectivity index (χ2n) is 5.21. The number of ether oxygens (including phenoxy) is 2. The first-order valence-electron chi connectivity index (χ1n) is 7.11. The van der Waals surface area contributed by atoms with Crippen LogP contribution in [0.3, 0.4) is 0 Å². The molecule has 0 spiro atoms. The van der Waals surface area contributed by atoms with Gasteiger partial charge in [-0.2, -0.15) is 0 Å². The minimum absolute atomic E-state index is 0.00642. The quantitative estimate of drug-likeness (QED) is 0.847. The van der Waals surface area contributed by atoms with E-state index in [-0.39, 0.29) is 24.6 Å². The third-order valence-electron chi connectivity index (χ3n) is 3.41. The summed E-state index contributed by atoms with van der Waals surface area (Å²) in [6, 6.07) is 5.69. The third-order valence-corrected chi connectivity index (χ3v) is 3.90. The minimum atomic E-state index is -0.147. The van der Waals surface area contributed by atoms with Gasteiger partial charge in [0.25, 0.3) is 5.91 Å². The van der Waals surface area contributed by atoms with Crippen LogP contribution >= 0.6 is 15.9 Å². The van der Waals surface area contributed by atoms with Crippen LogP contribution in [-0.4, -0.2) is 31.8 Å². The zero-order chi connectivity index (χ0) is 15.2.